The second-order valence-corrected chi connectivity index (χ2v) is 6.89. The molecule has 0 N–H and O–H groups in total. The molecule has 3 aromatic carbocycles. The van der Waals surface area contributed by atoms with Gasteiger partial charge in [-0.1, -0.05) is 103 Å². The van der Waals surface area contributed by atoms with Gasteiger partial charge in [-0.25, -0.2) is 0 Å². The lowest BCUT2D eigenvalue weighted by molar-refractivity contribution is 0.413. The number of nitrogens with zero attached hydrogens (tertiary/aromatic N) is 2. The maximum absolute atomic E-state index is 4.91. The molecule has 0 aliphatic carbocycles. The van der Waals surface area contributed by atoms with Gasteiger partial charge < -0.3 is 4.90 Å². The van der Waals surface area contributed by atoms with Crippen molar-refractivity contribution in [2.45, 2.75) is 19.6 Å². The first-order chi connectivity index (χ1) is 12.8. The number of benzene rings is 3. The summed E-state index contributed by atoms with van der Waals surface area (Å²) in [7, 11) is 0. The third-order valence-electron chi connectivity index (χ3n) is 4.13. The highest BCUT2D eigenvalue weighted by atomic mass is 32.2. The second-order valence-electron chi connectivity index (χ2n) is 6.12. The molecule has 0 radical (unpaired) electrons. The van der Waals surface area contributed by atoms with E-state index in [0.29, 0.717) is 6.54 Å². The third-order valence-corrected chi connectivity index (χ3v) is 4.88. The van der Waals surface area contributed by atoms with Gasteiger partial charge in [-0.05, 0) is 22.9 Å². The van der Waals surface area contributed by atoms with Crippen molar-refractivity contribution in [1.82, 2.24) is 4.90 Å². The number of rotatable bonds is 6. The van der Waals surface area contributed by atoms with Gasteiger partial charge in [0.15, 0.2) is 5.17 Å². The van der Waals surface area contributed by atoms with E-state index in [1.54, 1.807) is 11.8 Å². The Hall–Kier alpha value is -2.52. The predicted octanol–water partition coefficient (Wildman–Crippen LogP) is 5.61. The van der Waals surface area contributed by atoms with Crippen LogP contribution in [0.3, 0.4) is 0 Å². The number of hydrogen-bond donors (Lipinski definition) is 0. The average molecular weight is 361 g/mol. The van der Waals surface area contributed by atoms with Gasteiger partial charge in [0.05, 0.1) is 6.54 Å². The predicted molar refractivity (Wildman–Crippen MR) is 113 cm³/mol. The Balaban J connectivity index is 1.81. The molecular formula is C23H24N2S. The number of thioether (sulfide) groups is 1. The van der Waals surface area contributed by atoms with Crippen LogP contribution in [0.1, 0.15) is 16.7 Å². The highest BCUT2D eigenvalue weighted by Crippen LogP contribution is 2.16. The van der Waals surface area contributed by atoms with E-state index in [1.165, 1.54) is 16.7 Å². The van der Waals surface area contributed by atoms with E-state index in [0.717, 1.165) is 18.3 Å². The summed E-state index contributed by atoms with van der Waals surface area (Å²) >= 11 is 1.71. The summed E-state index contributed by atoms with van der Waals surface area (Å²) in [6.45, 7) is 2.41. The fraction of sp³-hybridized carbons (Fsp3) is 0.174. The zero-order valence-electron chi connectivity index (χ0n) is 15.1. The van der Waals surface area contributed by atoms with Gasteiger partial charge in [0.25, 0.3) is 0 Å². The molecule has 0 saturated heterocycles. The Bertz CT molecular complexity index is 760. The quantitative estimate of drug-likeness (QED) is 0.419. The van der Waals surface area contributed by atoms with E-state index >= 15 is 0 Å². The average Bonchev–Trinajstić information content (AvgIpc) is 2.71. The molecule has 26 heavy (non-hydrogen) atoms. The Labute approximate surface area is 160 Å². The minimum atomic E-state index is 0.705. The molecule has 0 spiro atoms. The van der Waals surface area contributed by atoms with Crippen molar-refractivity contribution in [2.75, 3.05) is 6.26 Å². The van der Waals surface area contributed by atoms with Crippen LogP contribution in [0.2, 0.25) is 0 Å². The van der Waals surface area contributed by atoms with Gasteiger partial charge in [-0.2, -0.15) is 0 Å². The van der Waals surface area contributed by atoms with Crippen molar-refractivity contribution < 1.29 is 0 Å². The van der Waals surface area contributed by atoms with Gasteiger partial charge in [0.1, 0.15) is 0 Å². The van der Waals surface area contributed by atoms with Gasteiger partial charge in [0.2, 0.25) is 0 Å². The molecule has 0 bridgehead atoms. The lowest BCUT2D eigenvalue weighted by atomic mass is 10.2. The fourth-order valence-electron chi connectivity index (χ4n) is 2.83. The summed E-state index contributed by atoms with van der Waals surface area (Å²) in [5, 5.41) is 1.07. The molecule has 0 fully saturated rings. The molecule has 0 aliphatic heterocycles. The summed E-state index contributed by atoms with van der Waals surface area (Å²) in [5.74, 6) is 0. The van der Waals surface area contributed by atoms with Crippen LogP contribution in [0.5, 0.6) is 0 Å². The van der Waals surface area contributed by atoms with E-state index in [1.807, 2.05) is 6.07 Å². The van der Waals surface area contributed by atoms with Crippen molar-refractivity contribution in [1.29, 1.82) is 0 Å². The lowest BCUT2D eigenvalue weighted by Crippen LogP contribution is -2.28. The molecule has 132 valence electrons. The van der Waals surface area contributed by atoms with Crippen LogP contribution in [0.4, 0.5) is 0 Å². The van der Waals surface area contributed by atoms with Crippen LogP contribution in [-0.2, 0) is 19.6 Å². The summed E-state index contributed by atoms with van der Waals surface area (Å²) in [5.41, 5.74) is 3.83. The van der Waals surface area contributed by atoms with Crippen LogP contribution >= 0.6 is 11.8 Å². The fourth-order valence-corrected chi connectivity index (χ4v) is 3.42. The van der Waals surface area contributed by atoms with Crippen LogP contribution < -0.4 is 0 Å². The maximum Gasteiger partial charge on any atom is 0.159 e. The lowest BCUT2D eigenvalue weighted by Gasteiger charge is -2.25. The number of amidine groups is 1. The molecule has 3 rings (SSSR count). The Morgan fingerprint density at radius 2 is 1.12 bits per heavy atom. The Kier molecular flexibility index (Phi) is 6.91. The van der Waals surface area contributed by atoms with Crippen molar-refractivity contribution in [3.63, 3.8) is 0 Å². The van der Waals surface area contributed by atoms with Gasteiger partial charge in [-0.3, -0.25) is 4.99 Å². The first kappa shape index (κ1) is 18.3. The van der Waals surface area contributed by atoms with E-state index in [4.69, 9.17) is 4.99 Å². The molecule has 0 unspecified atom stereocenters. The SMILES string of the molecule is CSC(=NCc1ccccc1)N(Cc1ccccc1)Cc1ccccc1. The van der Waals surface area contributed by atoms with Gasteiger partial charge >= 0.3 is 0 Å². The Morgan fingerprint density at radius 3 is 1.54 bits per heavy atom. The first-order valence-electron chi connectivity index (χ1n) is 8.80. The van der Waals surface area contributed by atoms with Crippen LogP contribution in [-0.4, -0.2) is 16.3 Å². The van der Waals surface area contributed by atoms with Crippen molar-refractivity contribution in [3.05, 3.63) is 108 Å². The Morgan fingerprint density at radius 1 is 0.692 bits per heavy atom. The molecular weight excluding hydrogens is 336 g/mol. The van der Waals surface area contributed by atoms with Crippen molar-refractivity contribution in [2.24, 2.45) is 4.99 Å². The van der Waals surface area contributed by atoms with Gasteiger partial charge in [0, 0.05) is 13.1 Å². The number of aliphatic imine (C=N–C) groups is 1. The molecule has 0 saturated carbocycles. The molecule has 0 heterocycles. The highest BCUT2D eigenvalue weighted by molar-refractivity contribution is 8.13. The standard InChI is InChI=1S/C23H24N2S/c1-26-23(24-17-20-11-5-2-6-12-20)25(18-21-13-7-3-8-14-21)19-22-15-9-4-10-16-22/h2-16H,17-19H2,1H3. The minimum absolute atomic E-state index is 0.705. The van der Waals surface area contributed by atoms with Crippen molar-refractivity contribution >= 4 is 16.9 Å². The zero-order chi connectivity index (χ0) is 18.0. The maximum atomic E-state index is 4.91. The smallest absolute Gasteiger partial charge is 0.159 e. The van der Waals surface area contributed by atoms with Crippen LogP contribution in [0.25, 0.3) is 0 Å². The summed E-state index contributed by atoms with van der Waals surface area (Å²) in [4.78, 5) is 7.27. The topological polar surface area (TPSA) is 15.6 Å². The molecule has 3 aromatic rings. The summed E-state index contributed by atoms with van der Waals surface area (Å²) < 4.78 is 0. The highest BCUT2D eigenvalue weighted by Gasteiger charge is 2.12. The molecule has 0 amide bonds. The molecule has 0 aliphatic rings. The van der Waals surface area contributed by atoms with Gasteiger partial charge in [-0.15, -0.1) is 0 Å². The largest absolute Gasteiger partial charge is 0.343 e. The molecule has 2 nitrogen and oxygen atoms in total. The molecule has 3 heteroatoms. The normalized spacial score (nSPS) is 11.3. The summed E-state index contributed by atoms with van der Waals surface area (Å²) in [6, 6.07) is 31.6. The molecule has 0 atom stereocenters. The molecule has 0 aromatic heterocycles. The second kappa shape index (κ2) is 9.83. The number of hydrogen-bond acceptors (Lipinski definition) is 2. The van der Waals surface area contributed by atoms with E-state index in [2.05, 4.69) is 96.1 Å². The first-order valence-corrected chi connectivity index (χ1v) is 10.0. The van der Waals surface area contributed by atoms with Crippen molar-refractivity contribution in [3.8, 4) is 0 Å². The zero-order valence-corrected chi connectivity index (χ0v) is 15.9. The summed E-state index contributed by atoms with van der Waals surface area (Å²) in [6.07, 6.45) is 2.10. The van der Waals surface area contributed by atoms with E-state index in [-0.39, 0.29) is 0 Å². The third kappa shape index (κ3) is 5.50. The van der Waals surface area contributed by atoms with E-state index in [9.17, 15) is 0 Å². The minimum Gasteiger partial charge on any atom is -0.343 e. The monoisotopic (exact) mass is 360 g/mol. The van der Waals surface area contributed by atoms with Crippen LogP contribution in [0, 0.1) is 0 Å². The van der Waals surface area contributed by atoms with Crippen LogP contribution in [0.15, 0.2) is 96.0 Å². The van der Waals surface area contributed by atoms with E-state index < -0.39 is 0 Å².